The fourth-order valence-corrected chi connectivity index (χ4v) is 4.91. The van der Waals surface area contributed by atoms with E-state index in [9.17, 15) is 26.4 Å². The molecule has 1 heterocycles. The Morgan fingerprint density at radius 2 is 1.79 bits per heavy atom. The van der Waals surface area contributed by atoms with Gasteiger partial charge in [0, 0.05) is 6.54 Å². The molecule has 1 atom stereocenters. The van der Waals surface area contributed by atoms with Gasteiger partial charge in [-0.15, -0.1) is 0 Å². The number of sulfonamides is 1. The van der Waals surface area contributed by atoms with E-state index in [1.165, 1.54) is 0 Å². The smallest absolute Gasteiger partial charge is 0.416 e. The fraction of sp³-hybridized carbons (Fsp3) is 0.350. The van der Waals surface area contributed by atoms with Crippen LogP contribution >= 0.6 is 0 Å². The molecule has 0 bridgehead atoms. The van der Waals surface area contributed by atoms with Gasteiger partial charge in [-0.3, -0.25) is 4.79 Å². The molecule has 0 radical (unpaired) electrons. The van der Waals surface area contributed by atoms with Gasteiger partial charge in [0.25, 0.3) is 0 Å². The van der Waals surface area contributed by atoms with E-state index in [4.69, 9.17) is 4.74 Å². The molecule has 2 aromatic carbocycles. The number of piperidine rings is 1. The van der Waals surface area contributed by atoms with Crippen LogP contribution in [0, 0.1) is 0 Å². The van der Waals surface area contributed by atoms with E-state index in [1.54, 1.807) is 24.3 Å². The van der Waals surface area contributed by atoms with Crippen molar-refractivity contribution in [3.8, 4) is 0 Å². The monoisotopic (exact) mass is 427 g/mol. The van der Waals surface area contributed by atoms with Crippen molar-refractivity contribution < 1.29 is 31.1 Å². The van der Waals surface area contributed by atoms with Crippen molar-refractivity contribution in [3.63, 3.8) is 0 Å². The number of carbonyl (C=O) groups excluding carboxylic acids is 1. The summed E-state index contributed by atoms with van der Waals surface area (Å²) in [7, 11) is -4.29. The topological polar surface area (TPSA) is 63.7 Å². The van der Waals surface area contributed by atoms with Gasteiger partial charge in [-0.25, -0.2) is 8.42 Å². The molecule has 1 aliphatic rings. The Morgan fingerprint density at radius 1 is 1.07 bits per heavy atom. The Bertz CT molecular complexity index is 961. The molecule has 0 amide bonds. The number of nitrogens with zero attached hydrogens (tertiary/aromatic N) is 1. The first-order valence-electron chi connectivity index (χ1n) is 9.09. The minimum absolute atomic E-state index is 0.00633. The second kappa shape index (κ2) is 8.54. The first kappa shape index (κ1) is 21.3. The lowest BCUT2D eigenvalue weighted by molar-refractivity contribution is -0.150. The van der Waals surface area contributed by atoms with Gasteiger partial charge in [0.1, 0.15) is 12.6 Å². The van der Waals surface area contributed by atoms with E-state index < -0.39 is 38.7 Å². The zero-order valence-electron chi connectivity index (χ0n) is 15.4. The van der Waals surface area contributed by atoms with Crippen molar-refractivity contribution in [2.75, 3.05) is 6.54 Å². The van der Waals surface area contributed by atoms with Crippen molar-refractivity contribution in [1.29, 1.82) is 0 Å². The summed E-state index contributed by atoms with van der Waals surface area (Å²) >= 11 is 0. The molecule has 9 heteroatoms. The minimum atomic E-state index is -4.67. The van der Waals surface area contributed by atoms with Crippen LogP contribution < -0.4 is 0 Å². The molecule has 0 spiro atoms. The summed E-state index contributed by atoms with van der Waals surface area (Å²) in [5.74, 6) is -0.705. The van der Waals surface area contributed by atoms with Crippen LogP contribution in [-0.4, -0.2) is 31.3 Å². The fourth-order valence-electron chi connectivity index (χ4n) is 3.22. The molecule has 0 aliphatic carbocycles. The first-order chi connectivity index (χ1) is 13.7. The molecule has 1 aliphatic heterocycles. The number of carbonyl (C=O) groups is 1. The number of alkyl halides is 3. The molecule has 5 nitrogen and oxygen atoms in total. The minimum Gasteiger partial charge on any atom is -0.460 e. The second-order valence-electron chi connectivity index (χ2n) is 6.75. The lowest BCUT2D eigenvalue weighted by Crippen LogP contribution is -2.48. The predicted octanol–water partition coefficient (Wildman–Crippen LogP) is 3.99. The number of hydrogen-bond donors (Lipinski definition) is 0. The predicted molar refractivity (Wildman–Crippen MR) is 99.2 cm³/mol. The van der Waals surface area contributed by atoms with Gasteiger partial charge in [-0.1, -0.05) is 36.4 Å². The van der Waals surface area contributed by atoms with Crippen LogP contribution in [0.2, 0.25) is 0 Å². The molecule has 1 saturated heterocycles. The summed E-state index contributed by atoms with van der Waals surface area (Å²) in [5.41, 5.74) is -0.303. The van der Waals surface area contributed by atoms with Gasteiger partial charge in [-0.05, 0) is 43.0 Å². The Morgan fingerprint density at radius 3 is 2.48 bits per heavy atom. The van der Waals surface area contributed by atoms with Crippen LogP contribution in [0.5, 0.6) is 0 Å². The van der Waals surface area contributed by atoms with Crippen molar-refractivity contribution in [2.24, 2.45) is 0 Å². The maximum absolute atomic E-state index is 13.0. The molecule has 0 aromatic heterocycles. The third kappa shape index (κ3) is 4.97. The Hall–Kier alpha value is -2.39. The van der Waals surface area contributed by atoms with E-state index in [2.05, 4.69) is 0 Å². The Balaban J connectivity index is 1.82. The SMILES string of the molecule is O=C(OCc1ccccc1)[C@@H]1CCCCN1S(=O)(=O)c1cccc(C(F)(F)F)c1. The third-order valence-corrected chi connectivity index (χ3v) is 6.62. The van der Waals surface area contributed by atoms with Gasteiger partial charge in [0.05, 0.1) is 10.5 Å². The lowest BCUT2D eigenvalue weighted by atomic mass is 10.1. The van der Waals surface area contributed by atoms with Crippen LogP contribution in [0.15, 0.2) is 59.5 Å². The average Bonchev–Trinajstić information content (AvgIpc) is 2.72. The Kier molecular flexibility index (Phi) is 6.28. The summed E-state index contributed by atoms with van der Waals surface area (Å²) in [5, 5.41) is 0. The highest BCUT2D eigenvalue weighted by molar-refractivity contribution is 7.89. The molecule has 29 heavy (non-hydrogen) atoms. The molecule has 3 rings (SSSR count). The van der Waals surface area contributed by atoms with Crippen LogP contribution in [0.25, 0.3) is 0 Å². The maximum Gasteiger partial charge on any atom is 0.416 e. The normalized spacial score (nSPS) is 18.4. The highest BCUT2D eigenvalue weighted by Gasteiger charge is 2.39. The molecule has 0 unspecified atom stereocenters. The number of rotatable bonds is 5. The molecule has 156 valence electrons. The molecule has 0 N–H and O–H groups in total. The van der Waals surface area contributed by atoms with E-state index in [0.717, 1.165) is 28.1 Å². The Labute approximate surface area is 167 Å². The summed E-state index contributed by atoms with van der Waals surface area (Å²) in [6.45, 7) is 0.0390. The number of hydrogen-bond acceptors (Lipinski definition) is 4. The van der Waals surface area contributed by atoms with E-state index >= 15 is 0 Å². The van der Waals surface area contributed by atoms with Gasteiger partial charge in [0.15, 0.2) is 0 Å². The molecule has 2 aromatic rings. The van der Waals surface area contributed by atoms with Crippen molar-refractivity contribution in [3.05, 3.63) is 65.7 Å². The van der Waals surface area contributed by atoms with Crippen LogP contribution in [0.1, 0.15) is 30.4 Å². The molecular formula is C20H20F3NO4S. The summed E-state index contributed by atoms with van der Waals surface area (Å²) in [4.78, 5) is 12.1. The van der Waals surface area contributed by atoms with Crippen LogP contribution in [-0.2, 0) is 32.3 Å². The van der Waals surface area contributed by atoms with E-state index in [1.807, 2.05) is 6.07 Å². The lowest BCUT2D eigenvalue weighted by Gasteiger charge is -2.33. The summed E-state index contributed by atoms with van der Waals surface area (Å²) in [6, 6.07) is 11.4. The maximum atomic E-state index is 13.0. The van der Waals surface area contributed by atoms with Gasteiger partial charge in [-0.2, -0.15) is 17.5 Å². The third-order valence-electron chi connectivity index (χ3n) is 4.72. The number of esters is 1. The van der Waals surface area contributed by atoms with Crippen molar-refractivity contribution in [2.45, 2.75) is 43.0 Å². The number of halogens is 3. The average molecular weight is 427 g/mol. The van der Waals surface area contributed by atoms with Crippen molar-refractivity contribution in [1.82, 2.24) is 4.31 Å². The van der Waals surface area contributed by atoms with Crippen LogP contribution in [0.3, 0.4) is 0 Å². The zero-order valence-corrected chi connectivity index (χ0v) is 16.2. The second-order valence-corrected chi connectivity index (χ2v) is 8.64. The first-order valence-corrected chi connectivity index (χ1v) is 10.5. The highest BCUT2D eigenvalue weighted by Crippen LogP contribution is 2.32. The quantitative estimate of drug-likeness (QED) is 0.677. The molecular weight excluding hydrogens is 407 g/mol. The van der Waals surface area contributed by atoms with Gasteiger partial charge in [0.2, 0.25) is 10.0 Å². The number of ether oxygens (including phenoxy) is 1. The largest absolute Gasteiger partial charge is 0.460 e. The molecule has 1 fully saturated rings. The van der Waals surface area contributed by atoms with Crippen molar-refractivity contribution >= 4 is 16.0 Å². The summed E-state index contributed by atoms with van der Waals surface area (Å²) in [6.07, 6.45) is -3.27. The highest BCUT2D eigenvalue weighted by atomic mass is 32.2. The standard InChI is InChI=1S/C20H20F3NO4S/c21-20(22,23)16-9-6-10-17(13-16)29(26,27)24-12-5-4-11-18(24)19(25)28-14-15-7-2-1-3-8-15/h1-3,6-10,13,18H,4-5,11-12,14H2/t18-/m0/s1. The van der Waals surface area contributed by atoms with Gasteiger partial charge < -0.3 is 4.74 Å². The van der Waals surface area contributed by atoms with Gasteiger partial charge >= 0.3 is 12.1 Å². The molecule has 0 saturated carbocycles. The van der Waals surface area contributed by atoms with Crippen LogP contribution in [0.4, 0.5) is 13.2 Å². The zero-order chi connectivity index (χ0) is 21.1. The number of benzene rings is 2. The van der Waals surface area contributed by atoms with E-state index in [-0.39, 0.29) is 19.6 Å². The summed E-state index contributed by atoms with van der Waals surface area (Å²) < 4.78 is 71.2. The van der Waals surface area contributed by atoms with E-state index in [0.29, 0.717) is 18.9 Å².